The Morgan fingerprint density at radius 3 is 2.30 bits per heavy atom. The van der Waals surface area contributed by atoms with Gasteiger partial charge in [0.2, 0.25) is 0 Å². The van der Waals surface area contributed by atoms with Crippen LogP contribution in [0.25, 0.3) is 0 Å². The molecule has 1 saturated carbocycles. The van der Waals surface area contributed by atoms with Crippen LogP contribution in [0, 0.1) is 0 Å². The Kier molecular flexibility index (Phi) is 5.76. The largest absolute Gasteiger partial charge is 0.497 e. The maximum absolute atomic E-state index is 13.3. The fraction of sp³-hybridized carbons (Fsp3) is 0.333. The van der Waals surface area contributed by atoms with Crippen LogP contribution in [0.5, 0.6) is 11.5 Å². The van der Waals surface area contributed by atoms with E-state index in [-0.39, 0.29) is 17.3 Å². The number of rotatable bonds is 5. The lowest BCUT2D eigenvalue weighted by Crippen LogP contribution is -2.41. The van der Waals surface area contributed by atoms with Crippen LogP contribution in [0.3, 0.4) is 0 Å². The Morgan fingerprint density at radius 2 is 1.67 bits per heavy atom. The minimum Gasteiger partial charge on any atom is -0.497 e. The molecule has 0 atom stereocenters. The van der Waals surface area contributed by atoms with Gasteiger partial charge in [0.25, 0.3) is 5.91 Å². The molecule has 0 aromatic heterocycles. The van der Waals surface area contributed by atoms with E-state index in [0.717, 1.165) is 30.6 Å². The number of amides is 1. The van der Waals surface area contributed by atoms with E-state index in [0.29, 0.717) is 12.8 Å². The number of hydrogen-bond acceptors (Lipinski definition) is 5. The van der Waals surface area contributed by atoms with Crippen LogP contribution < -0.4 is 15.0 Å². The number of benzene rings is 2. The number of nitrogens with one attached hydrogen (secondary N) is 1. The Balaban J connectivity index is 1.94. The average molecular weight is 369 g/mol. The summed E-state index contributed by atoms with van der Waals surface area (Å²) in [6.07, 6.45) is 4.31. The second-order valence-corrected chi connectivity index (χ2v) is 6.70. The van der Waals surface area contributed by atoms with Crippen molar-refractivity contribution in [3.63, 3.8) is 0 Å². The number of esters is 1. The van der Waals surface area contributed by atoms with E-state index in [1.54, 1.807) is 30.8 Å². The van der Waals surface area contributed by atoms with Gasteiger partial charge in [-0.15, -0.1) is 0 Å². The van der Waals surface area contributed by atoms with Crippen LogP contribution in [-0.2, 0) is 10.2 Å². The van der Waals surface area contributed by atoms with Crippen molar-refractivity contribution in [2.24, 2.45) is 0 Å². The van der Waals surface area contributed by atoms with Gasteiger partial charge in [-0.05, 0) is 42.7 Å². The van der Waals surface area contributed by atoms with Gasteiger partial charge in [-0.2, -0.15) is 0 Å². The number of hydroxylamine groups is 1. The predicted molar refractivity (Wildman–Crippen MR) is 99.1 cm³/mol. The second kappa shape index (κ2) is 8.22. The molecular weight excluding hydrogens is 346 g/mol. The zero-order valence-corrected chi connectivity index (χ0v) is 15.2. The molecule has 6 heteroatoms. The molecule has 0 aliphatic heterocycles. The molecule has 0 radical (unpaired) electrons. The highest BCUT2D eigenvalue weighted by molar-refractivity contribution is 5.97. The molecule has 0 bridgehead atoms. The highest BCUT2D eigenvalue weighted by Gasteiger charge is 2.43. The van der Waals surface area contributed by atoms with Crippen molar-refractivity contribution in [2.75, 3.05) is 7.11 Å². The summed E-state index contributed by atoms with van der Waals surface area (Å²) in [5.41, 5.74) is 1.82. The molecule has 0 unspecified atom stereocenters. The van der Waals surface area contributed by atoms with E-state index in [1.165, 1.54) is 6.07 Å². The van der Waals surface area contributed by atoms with Crippen LogP contribution in [0.2, 0.25) is 0 Å². The Bertz CT molecular complexity index is 810. The standard InChI is InChI=1S/C21H23NO5/c1-26-16-11-9-15(10-12-16)21(13-5-2-6-14-21)20(24)27-18-8-4-3-7-17(18)19(23)22-25/h3-4,7-12,25H,2,5-6,13-14H2,1H3,(H,22,23). The topological polar surface area (TPSA) is 84.9 Å². The molecule has 3 rings (SSSR count). The summed E-state index contributed by atoms with van der Waals surface area (Å²) in [6, 6.07) is 13.8. The van der Waals surface area contributed by atoms with E-state index in [9.17, 15) is 9.59 Å². The van der Waals surface area contributed by atoms with Crippen LogP contribution in [0.4, 0.5) is 0 Å². The summed E-state index contributed by atoms with van der Waals surface area (Å²) in [5.74, 6) is -0.248. The molecule has 1 fully saturated rings. The summed E-state index contributed by atoms with van der Waals surface area (Å²) in [6.45, 7) is 0. The maximum Gasteiger partial charge on any atom is 0.321 e. The molecule has 2 aromatic carbocycles. The fourth-order valence-corrected chi connectivity index (χ4v) is 3.68. The Hall–Kier alpha value is -2.86. The van der Waals surface area contributed by atoms with Crippen LogP contribution in [0.15, 0.2) is 48.5 Å². The number of hydrogen-bond donors (Lipinski definition) is 2. The molecule has 27 heavy (non-hydrogen) atoms. The minimum atomic E-state index is -0.757. The molecule has 1 amide bonds. The highest BCUT2D eigenvalue weighted by atomic mass is 16.5. The maximum atomic E-state index is 13.3. The van der Waals surface area contributed by atoms with E-state index in [1.807, 2.05) is 24.3 Å². The lowest BCUT2D eigenvalue weighted by Gasteiger charge is -2.35. The van der Waals surface area contributed by atoms with Gasteiger partial charge in [-0.3, -0.25) is 14.8 Å². The highest BCUT2D eigenvalue weighted by Crippen LogP contribution is 2.41. The van der Waals surface area contributed by atoms with Gasteiger partial charge in [0.1, 0.15) is 11.5 Å². The third-order valence-corrected chi connectivity index (χ3v) is 5.18. The third kappa shape index (κ3) is 3.80. The number of para-hydroxylation sites is 1. The number of carbonyl (C=O) groups is 2. The number of ether oxygens (including phenoxy) is 2. The van der Waals surface area contributed by atoms with E-state index >= 15 is 0 Å². The van der Waals surface area contributed by atoms with Crippen molar-refractivity contribution in [1.29, 1.82) is 0 Å². The van der Waals surface area contributed by atoms with Gasteiger partial charge in [0, 0.05) is 0 Å². The molecule has 1 aliphatic rings. The molecule has 0 saturated heterocycles. The monoisotopic (exact) mass is 369 g/mol. The molecule has 142 valence electrons. The van der Waals surface area contributed by atoms with Crippen LogP contribution in [0.1, 0.15) is 48.0 Å². The summed E-state index contributed by atoms with van der Waals surface area (Å²) in [7, 11) is 1.60. The SMILES string of the molecule is COc1ccc(C2(C(=O)Oc3ccccc3C(=O)NO)CCCCC2)cc1. The first-order chi connectivity index (χ1) is 13.1. The molecule has 2 aromatic rings. The van der Waals surface area contributed by atoms with Crippen molar-refractivity contribution in [2.45, 2.75) is 37.5 Å². The Morgan fingerprint density at radius 1 is 1.00 bits per heavy atom. The van der Waals surface area contributed by atoms with Gasteiger partial charge < -0.3 is 9.47 Å². The average Bonchev–Trinajstić information content (AvgIpc) is 2.74. The smallest absolute Gasteiger partial charge is 0.321 e. The van der Waals surface area contributed by atoms with Gasteiger partial charge in [-0.1, -0.05) is 43.5 Å². The first-order valence-electron chi connectivity index (χ1n) is 9.01. The van der Waals surface area contributed by atoms with Crippen molar-refractivity contribution in [1.82, 2.24) is 5.48 Å². The minimum absolute atomic E-state index is 0.106. The molecule has 2 N–H and O–H groups in total. The quantitative estimate of drug-likeness (QED) is 0.364. The summed E-state index contributed by atoms with van der Waals surface area (Å²) >= 11 is 0. The van der Waals surface area contributed by atoms with Crippen molar-refractivity contribution >= 4 is 11.9 Å². The lowest BCUT2D eigenvalue weighted by molar-refractivity contribution is -0.142. The van der Waals surface area contributed by atoms with Crippen molar-refractivity contribution in [3.05, 3.63) is 59.7 Å². The first kappa shape index (κ1) is 18.9. The van der Waals surface area contributed by atoms with Crippen molar-refractivity contribution in [3.8, 4) is 11.5 Å². The number of methoxy groups -OCH3 is 1. The summed E-state index contributed by atoms with van der Waals surface area (Å²) in [4.78, 5) is 25.1. The van der Waals surface area contributed by atoms with Crippen LogP contribution in [-0.4, -0.2) is 24.2 Å². The molecule has 6 nitrogen and oxygen atoms in total. The van der Waals surface area contributed by atoms with Gasteiger partial charge in [0.05, 0.1) is 18.1 Å². The van der Waals surface area contributed by atoms with Crippen LogP contribution >= 0.6 is 0 Å². The van der Waals surface area contributed by atoms with Crippen molar-refractivity contribution < 1.29 is 24.3 Å². The van der Waals surface area contributed by atoms with E-state index in [4.69, 9.17) is 14.7 Å². The lowest BCUT2D eigenvalue weighted by atomic mass is 9.69. The molecular formula is C21H23NO5. The summed E-state index contributed by atoms with van der Waals surface area (Å²) < 4.78 is 10.9. The van der Waals surface area contributed by atoms with E-state index < -0.39 is 11.3 Å². The second-order valence-electron chi connectivity index (χ2n) is 6.70. The molecule has 1 aliphatic carbocycles. The van der Waals surface area contributed by atoms with Gasteiger partial charge >= 0.3 is 5.97 Å². The first-order valence-corrected chi connectivity index (χ1v) is 9.01. The zero-order chi connectivity index (χ0) is 19.3. The Labute approximate surface area is 158 Å². The molecule has 0 heterocycles. The fourth-order valence-electron chi connectivity index (χ4n) is 3.68. The third-order valence-electron chi connectivity index (χ3n) is 5.18. The number of carbonyl (C=O) groups excluding carboxylic acids is 2. The molecule has 0 spiro atoms. The predicted octanol–water partition coefficient (Wildman–Crippen LogP) is 3.62. The normalized spacial score (nSPS) is 15.6. The van der Waals surface area contributed by atoms with Gasteiger partial charge in [0.15, 0.2) is 0 Å². The summed E-state index contributed by atoms with van der Waals surface area (Å²) in [5, 5.41) is 8.92. The van der Waals surface area contributed by atoms with Gasteiger partial charge in [-0.25, -0.2) is 5.48 Å². The van der Waals surface area contributed by atoms with E-state index in [2.05, 4.69) is 0 Å². The zero-order valence-electron chi connectivity index (χ0n) is 15.2.